The Balaban J connectivity index is 2.32. The molecule has 0 unspecified atom stereocenters. The molecule has 0 atom stereocenters. The first-order valence-corrected chi connectivity index (χ1v) is 8.02. The maximum absolute atomic E-state index is 7.46. The molecule has 114 valence electrons. The third-order valence-electron chi connectivity index (χ3n) is 4.89. The highest BCUT2D eigenvalue weighted by molar-refractivity contribution is 6.01. The minimum absolute atomic E-state index is 0.0589. The van der Waals surface area contributed by atoms with Crippen LogP contribution in [0.2, 0.25) is 0 Å². The molecule has 2 nitrogen and oxygen atoms in total. The van der Waals surface area contributed by atoms with Gasteiger partial charge in [-0.2, -0.15) is 0 Å². The lowest BCUT2D eigenvalue weighted by Crippen LogP contribution is -2.22. The number of hydrogen-bond acceptors (Lipinski definition) is 2. The molecule has 3 rings (SSSR count). The predicted molar refractivity (Wildman–Crippen MR) is 96.2 cm³/mol. The van der Waals surface area contributed by atoms with Crippen LogP contribution in [0.4, 0.5) is 5.69 Å². The molecule has 0 fully saturated rings. The molecule has 2 heteroatoms. The van der Waals surface area contributed by atoms with Crippen LogP contribution in [0.25, 0.3) is 10.8 Å². The minimum atomic E-state index is -0.0589. The van der Waals surface area contributed by atoms with E-state index in [1.807, 2.05) is 6.08 Å². The van der Waals surface area contributed by atoms with E-state index in [-0.39, 0.29) is 5.41 Å². The molecule has 1 N–H and O–H groups in total. The summed E-state index contributed by atoms with van der Waals surface area (Å²) in [6.07, 6.45) is 5.59. The van der Waals surface area contributed by atoms with E-state index in [0.717, 1.165) is 12.8 Å². The molecule has 0 aliphatic carbocycles. The Hall–Kier alpha value is -2.09. The number of aryl methyl sites for hydroxylation is 1. The summed E-state index contributed by atoms with van der Waals surface area (Å²) in [7, 11) is 2.12. The fourth-order valence-electron chi connectivity index (χ4n) is 3.84. The number of nitrogens with one attached hydrogen (secondary N) is 1. The van der Waals surface area contributed by atoms with Crippen LogP contribution in [0.3, 0.4) is 0 Å². The molecular formula is C20H24N2. The van der Waals surface area contributed by atoms with E-state index in [1.165, 1.54) is 39.5 Å². The van der Waals surface area contributed by atoms with Gasteiger partial charge in [0, 0.05) is 29.8 Å². The van der Waals surface area contributed by atoms with Crippen LogP contribution in [0.5, 0.6) is 0 Å². The Morgan fingerprint density at radius 1 is 1.14 bits per heavy atom. The fourth-order valence-corrected chi connectivity index (χ4v) is 3.84. The van der Waals surface area contributed by atoms with Gasteiger partial charge in [0.25, 0.3) is 0 Å². The van der Waals surface area contributed by atoms with Crippen LogP contribution in [0.1, 0.15) is 38.3 Å². The van der Waals surface area contributed by atoms with Crippen molar-refractivity contribution in [1.29, 1.82) is 5.41 Å². The van der Waals surface area contributed by atoms with E-state index in [2.05, 4.69) is 63.1 Å². The lowest BCUT2D eigenvalue weighted by atomic mass is 9.82. The molecule has 0 aromatic heterocycles. The largest absolute Gasteiger partial charge is 0.346 e. The Morgan fingerprint density at radius 2 is 1.91 bits per heavy atom. The highest BCUT2D eigenvalue weighted by Crippen LogP contribution is 2.50. The summed E-state index contributed by atoms with van der Waals surface area (Å²) in [5.41, 5.74) is 5.21. The third-order valence-corrected chi connectivity index (χ3v) is 4.89. The van der Waals surface area contributed by atoms with Crippen molar-refractivity contribution in [2.45, 2.75) is 39.0 Å². The van der Waals surface area contributed by atoms with Crippen molar-refractivity contribution in [3.63, 3.8) is 0 Å². The maximum atomic E-state index is 7.46. The molecule has 0 bridgehead atoms. The fraction of sp³-hybridized carbons (Fsp3) is 0.350. The van der Waals surface area contributed by atoms with E-state index >= 15 is 0 Å². The van der Waals surface area contributed by atoms with E-state index in [9.17, 15) is 0 Å². The van der Waals surface area contributed by atoms with Gasteiger partial charge in [0.2, 0.25) is 0 Å². The van der Waals surface area contributed by atoms with Crippen LogP contribution in [-0.2, 0) is 11.8 Å². The zero-order valence-electron chi connectivity index (χ0n) is 13.9. The van der Waals surface area contributed by atoms with E-state index in [0.29, 0.717) is 0 Å². The van der Waals surface area contributed by atoms with Crippen LogP contribution in [-0.4, -0.2) is 13.3 Å². The van der Waals surface area contributed by atoms with E-state index in [1.54, 1.807) is 0 Å². The van der Waals surface area contributed by atoms with Crippen molar-refractivity contribution in [1.82, 2.24) is 0 Å². The monoisotopic (exact) mass is 292 g/mol. The van der Waals surface area contributed by atoms with Crippen LogP contribution in [0, 0.1) is 5.41 Å². The first-order chi connectivity index (χ1) is 10.5. The molecule has 2 aromatic carbocycles. The van der Waals surface area contributed by atoms with Crippen molar-refractivity contribution in [2.75, 3.05) is 11.9 Å². The standard InChI is InChI=1S/C20H24N2/c1-5-7-14-8-6-9-16-15(14)10-11-17-19(16)22(4)18(12-13-21)20(17,2)3/h6,8-13,21H,5,7H2,1-4H3/b18-12-,21-13?. The molecular weight excluding hydrogens is 268 g/mol. The Morgan fingerprint density at radius 3 is 2.59 bits per heavy atom. The number of fused-ring (bicyclic) bond motifs is 3. The summed E-state index contributed by atoms with van der Waals surface area (Å²) in [4.78, 5) is 2.26. The van der Waals surface area contributed by atoms with Crippen LogP contribution in [0.15, 0.2) is 42.1 Å². The first kappa shape index (κ1) is 14.8. The summed E-state index contributed by atoms with van der Waals surface area (Å²) in [5.74, 6) is 0. The van der Waals surface area contributed by atoms with Gasteiger partial charge in [0.1, 0.15) is 0 Å². The lowest BCUT2D eigenvalue weighted by Gasteiger charge is -2.23. The molecule has 0 amide bonds. The predicted octanol–water partition coefficient (Wildman–Crippen LogP) is 5.05. The van der Waals surface area contributed by atoms with Crippen molar-refractivity contribution in [3.05, 3.63) is 53.2 Å². The molecule has 0 saturated carbocycles. The van der Waals surface area contributed by atoms with Gasteiger partial charge in [0.15, 0.2) is 0 Å². The second-order valence-electron chi connectivity index (χ2n) is 6.63. The Kier molecular flexibility index (Phi) is 3.56. The second kappa shape index (κ2) is 5.28. The quantitative estimate of drug-likeness (QED) is 0.787. The molecule has 0 radical (unpaired) electrons. The van der Waals surface area contributed by atoms with E-state index in [4.69, 9.17) is 5.41 Å². The van der Waals surface area contributed by atoms with Crippen molar-refractivity contribution in [2.24, 2.45) is 0 Å². The smallest absolute Gasteiger partial charge is 0.0527 e. The van der Waals surface area contributed by atoms with Gasteiger partial charge < -0.3 is 10.3 Å². The second-order valence-corrected chi connectivity index (χ2v) is 6.63. The third kappa shape index (κ3) is 1.98. The zero-order valence-corrected chi connectivity index (χ0v) is 13.9. The summed E-state index contributed by atoms with van der Waals surface area (Å²) >= 11 is 0. The first-order valence-electron chi connectivity index (χ1n) is 8.02. The molecule has 0 saturated heterocycles. The SMILES string of the molecule is CCCc1cccc2c3c(ccc12)C(C)(C)/C(=C/C=N)N3C. The molecule has 1 aliphatic rings. The number of rotatable bonds is 3. The Bertz CT molecular complexity index is 769. The molecule has 1 heterocycles. The summed E-state index contributed by atoms with van der Waals surface area (Å²) < 4.78 is 0. The average molecular weight is 292 g/mol. The van der Waals surface area contributed by atoms with Gasteiger partial charge in [-0.3, -0.25) is 0 Å². The van der Waals surface area contributed by atoms with E-state index < -0.39 is 0 Å². The number of anilines is 1. The van der Waals surface area contributed by atoms with Crippen LogP contribution >= 0.6 is 0 Å². The normalized spacial score (nSPS) is 18.0. The minimum Gasteiger partial charge on any atom is -0.346 e. The van der Waals surface area contributed by atoms with Gasteiger partial charge in [0.05, 0.1) is 5.69 Å². The zero-order chi connectivity index (χ0) is 15.9. The molecule has 0 spiro atoms. The van der Waals surface area contributed by atoms with Gasteiger partial charge in [-0.25, -0.2) is 0 Å². The topological polar surface area (TPSA) is 27.1 Å². The number of allylic oxidation sites excluding steroid dienone is 2. The maximum Gasteiger partial charge on any atom is 0.0527 e. The summed E-state index contributed by atoms with van der Waals surface area (Å²) in [6.45, 7) is 6.71. The van der Waals surface area contributed by atoms with Gasteiger partial charge in [-0.15, -0.1) is 0 Å². The summed E-state index contributed by atoms with van der Waals surface area (Å²) in [5, 5.41) is 10.2. The number of benzene rings is 2. The highest BCUT2D eigenvalue weighted by Gasteiger charge is 2.39. The van der Waals surface area contributed by atoms with Crippen molar-refractivity contribution >= 4 is 22.7 Å². The van der Waals surface area contributed by atoms with Crippen molar-refractivity contribution in [3.8, 4) is 0 Å². The van der Waals surface area contributed by atoms with Crippen molar-refractivity contribution < 1.29 is 0 Å². The molecule has 1 aliphatic heterocycles. The molecule has 22 heavy (non-hydrogen) atoms. The summed E-state index contributed by atoms with van der Waals surface area (Å²) in [6, 6.07) is 11.2. The highest BCUT2D eigenvalue weighted by atomic mass is 15.2. The number of nitrogens with zero attached hydrogens (tertiary/aromatic N) is 1. The number of hydrogen-bond donors (Lipinski definition) is 1. The lowest BCUT2D eigenvalue weighted by molar-refractivity contribution is 0.641. The Labute approximate surface area is 133 Å². The van der Waals surface area contributed by atoms with Gasteiger partial charge >= 0.3 is 0 Å². The van der Waals surface area contributed by atoms with Gasteiger partial charge in [-0.1, -0.05) is 57.5 Å². The van der Waals surface area contributed by atoms with Gasteiger partial charge in [-0.05, 0) is 29.0 Å². The molecule has 2 aromatic rings. The number of likely N-dealkylation sites (N-methyl/N-ethyl adjacent to an activating group) is 1. The van der Waals surface area contributed by atoms with Crippen LogP contribution < -0.4 is 4.90 Å². The average Bonchev–Trinajstić information content (AvgIpc) is 2.69.